The number of furan rings is 1. The molecule has 150 valence electrons. The first-order chi connectivity index (χ1) is 14.5. The zero-order chi connectivity index (χ0) is 21.1. The smallest absolute Gasteiger partial charge is 0.261 e. The summed E-state index contributed by atoms with van der Waals surface area (Å²) in [6.45, 7) is 2.16. The van der Waals surface area contributed by atoms with Crippen LogP contribution in [-0.4, -0.2) is 15.5 Å². The molecule has 4 aromatic rings. The Labute approximate surface area is 177 Å². The Morgan fingerprint density at radius 3 is 2.63 bits per heavy atom. The highest BCUT2D eigenvalue weighted by atomic mass is 35.5. The molecule has 0 saturated heterocycles. The monoisotopic (exact) mass is 419 g/mol. The summed E-state index contributed by atoms with van der Waals surface area (Å²) >= 11 is 6.18. The first-order valence-corrected chi connectivity index (χ1v) is 9.66. The lowest BCUT2D eigenvalue weighted by atomic mass is 10.1. The number of aryl methyl sites for hydroxylation is 1. The van der Waals surface area contributed by atoms with Crippen LogP contribution in [0.1, 0.15) is 21.8 Å². The number of hydrogen-bond donors (Lipinski definition) is 1. The van der Waals surface area contributed by atoms with Gasteiger partial charge in [-0.05, 0) is 43.3 Å². The fourth-order valence-electron chi connectivity index (χ4n) is 3.27. The van der Waals surface area contributed by atoms with Crippen molar-refractivity contribution in [3.8, 4) is 11.4 Å². The molecular formula is C23H18ClN3O3. The summed E-state index contributed by atoms with van der Waals surface area (Å²) in [6, 6.07) is 17.3. The van der Waals surface area contributed by atoms with Crippen molar-refractivity contribution in [1.29, 1.82) is 0 Å². The number of para-hydroxylation sites is 1. The number of pyridine rings is 2. The van der Waals surface area contributed by atoms with Crippen LogP contribution in [0.25, 0.3) is 11.4 Å². The van der Waals surface area contributed by atoms with Gasteiger partial charge in [-0.25, -0.2) is 0 Å². The Hall–Kier alpha value is -3.64. The number of aromatic nitrogens is 2. The van der Waals surface area contributed by atoms with Crippen LogP contribution in [0.5, 0.6) is 0 Å². The van der Waals surface area contributed by atoms with Crippen molar-refractivity contribution in [2.24, 2.45) is 0 Å². The summed E-state index contributed by atoms with van der Waals surface area (Å²) in [4.78, 5) is 30.6. The van der Waals surface area contributed by atoms with Gasteiger partial charge in [0.2, 0.25) is 0 Å². The topological polar surface area (TPSA) is 77.1 Å². The molecule has 0 aliphatic heterocycles. The van der Waals surface area contributed by atoms with Crippen LogP contribution in [0.4, 0.5) is 5.69 Å². The van der Waals surface area contributed by atoms with E-state index in [-0.39, 0.29) is 5.56 Å². The summed E-state index contributed by atoms with van der Waals surface area (Å²) in [7, 11) is 0. The van der Waals surface area contributed by atoms with Gasteiger partial charge < -0.3 is 14.3 Å². The van der Waals surface area contributed by atoms with E-state index in [1.807, 2.05) is 23.6 Å². The molecule has 0 unspecified atom stereocenters. The lowest BCUT2D eigenvalue weighted by Crippen LogP contribution is -2.27. The number of hydrogen-bond acceptors (Lipinski definition) is 4. The summed E-state index contributed by atoms with van der Waals surface area (Å²) < 4.78 is 7.34. The number of benzene rings is 1. The predicted molar refractivity (Wildman–Crippen MR) is 116 cm³/mol. The summed E-state index contributed by atoms with van der Waals surface area (Å²) in [5.41, 5.74) is 1.63. The minimum absolute atomic E-state index is 0.00854. The Balaban J connectivity index is 1.90. The van der Waals surface area contributed by atoms with Crippen molar-refractivity contribution in [2.45, 2.75) is 13.5 Å². The van der Waals surface area contributed by atoms with Gasteiger partial charge in [-0.1, -0.05) is 29.8 Å². The Bertz CT molecular complexity index is 1250. The average molecular weight is 420 g/mol. The lowest BCUT2D eigenvalue weighted by molar-refractivity contribution is 0.102. The van der Waals surface area contributed by atoms with Gasteiger partial charge in [-0.2, -0.15) is 0 Å². The van der Waals surface area contributed by atoms with E-state index in [4.69, 9.17) is 16.0 Å². The molecule has 1 N–H and O–H groups in total. The van der Waals surface area contributed by atoms with E-state index in [9.17, 15) is 9.59 Å². The molecule has 0 atom stereocenters. The highest BCUT2D eigenvalue weighted by Crippen LogP contribution is 2.26. The van der Waals surface area contributed by atoms with E-state index >= 15 is 0 Å². The van der Waals surface area contributed by atoms with E-state index in [1.54, 1.807) is 54.9 Å². The summed E-state index contributed by atoms with van der Waals surface area (Å²) in [5, 5.41) is 3.13. The third-order valence-electron chi connectivity index (χ3n) is 4.67. The highest BCUT2D eigenvalue weighted by molar-refractivity contribution is 6.34. The van der Waals surface area contributed by atoms with Crippen molar-refractivity contribution < 1.29 is 9.21 Å². The zero-order valence-electron chi connectivity index (χ0n) is 16.1. The third kappa shape index (κ3) is 3.90. The van der Waals surface area contributed by atoms with Gasteiger partial charge in [0, 0.05) is 18.0 Å². The fourth-order valence-corrected chi connectivity index (χ4v) is 3.45. The highest BCUT2D eigenvalue weighted by Gasteiger charge is 2.23. The maximum absolute atomic E-state index is 13.2. The van der Waals surface area contributed by atoms with Crippen LogP contribution in [0.3, 0.4) is 0 Å². The van der Waals surface area contributed by atoms with Crippen LogP contribution in [0.15, 0.2) is 82.3 Å². The van der Waals surface area contributed by atoms with Crippen molar-refractivity contribution in [1.82, 2.24) is 9.55 Å². The van der Waals surface area contributed by atoms with Gasteiger partial charge in [0.1, 0.15) is 11.3 Å². The van der Waals surface area contributed by atoms with Crippen molar-refractivity contribution >= 4 is 23.2 Å². The minimum atomic E-state index is -0.554. The van der Waals surface area contributed by atoms with Crippen molar-refractivity contribution in [2.75, 3.05) is 5.32 Å². The molecule has 30 heavy (non-hydrogen) atoms. The minimum Gasteiger partial charge on any atom is -0.467 e. The molecule has 7 heteroatoms. The van der Waals surface area contributed by atoms with Gasteiger partial charge in [-0.3, -0.25) is 14.6 Å². The van der Waals surface area contributed by atoms with Crippen molar-refractivity contribution in [3.63, 3.8) is 0 Å². The fraction of sp³-hybridized carbons (Fsp3) is 0.0870. The molecule has 1 aromatic carbocycles. The normalized spacial score (nSPS) is 10.7. The quantitative estimate of drug-likeness (QED) is 0.505. The second-order valence-corrected chi connectivity index (χ2v) is 7.10. The summed E-state index contributed by atoms with van der Waals surface area (Å²) in [5.74, 6) is 0.137. The third-order valence-corrected chi connectivity index (χ3v) is 5.00. The number of halogens is 1. The van der Waals surface area contributed by atoms with E-state index in [2.05, 4.69) is 10.3 Å². The predicted octanol–water partition coefficient (Wildman–Crippen LogP) is 4.77. The Morgan fingerprint density at radius 1 is 1.13 bits per heavy atom. The maximum atomic E-state index is 13.2. The zero-order valence-corrected chi connectivity index (χ0v) is 16.9. The van der Waals surface area contributed by atoms with Gasteiger partial charge in [0.15, 0.2) is 5.43 Å². The summed E-state index contributed by atoms with van der Waals surface area (Å²) in [6.07, 6.45) is 3.20. The molecular weight excluding hydrogens is 402 g/mol. The molecule has 0 aliphatic carbocycles. The molecule has 1 amide bonds. The van der Waals surface area contributed by atoms with Crippen molar-refractivity contribution in [3.05, 3.63) is 105 Å². The van der Waals surface area contributed by atoms with E-state index in [0.29, 0.717) is 40.1 Å². The van der Waals surface area contributed by atoms with Crippen LogP contribution in [0, 0.1) is 6.92 Å². The molecule has 3 heterocycles. The largest absolute Gasteiger partial charge is 0.467 e. The van der Waals surface area contributed by atoms with Gasteiger partial charge in [-0.15, -0.1) is 0 Å². The number of nitrogens with one attached hydrogen (secondary N) is 1. The van der Waals surface area contributed by atoms with Crippen LogP contribution in [-0.2, 0) is 6.54 Å². The molecule has 6 nitrogen and oxygen atoms in total. The molecule has 0 fully saturated rings. The molecule has 4 rings (SSSR count). The molecule has 0 aliphatic rings. The molecule has 0 radical (unpaired) electrons. The van der Waals surface area contributed by atoms with E-state index in [0.717, 1.165) is 0 Å². The van der Waals surface area contributed by atoms with Gasteiger partial charge >= 0.3 is 0 Å². The number of nitrogens with zero attached hydrogens (tertiary/aromatic N) is 2. The Kier molecular flexibility index (Phi) is 5.50. The number of anilines is 1. The molecule has 3 aromatic heterocycles. The van der Waals surface area contributed by atoms with Gasteiger partial charge in [0.25, 0.3) is 5.91 Å². The first-order valence-electron chi connectivity index (χ1n) is 9.28. The standard InChI is InChI=1S/C23H18ClN3O3/c1-15-13-20(28)21(23(29)26-18-9-3-2-8-17(18)24)22(19-10-4-5-11-25-19)27(15)14-16-7-6-12-30-16/h2-13H,14H2,1H3,(H,26,29). The maximum Gasteiger partial charge on any atom is 0.261 e. The van der Waals surface area contributed by atoms with Crippen LogP contribution < -0.4 is 10.7 Å². The molecule has 0 spiro atoms. The molecule has 0 saturated carbocycles. The Morgan fingerprint density at radius 2 is 1.93 bits per heavy atom. The number of carbonyl (C=O) groups is 1. The number of rotatable bonds is 5. The van der Waals surface area contributed by atoms with E-state index < -0.39 is 11.3 Å². The SMILES string of the molecule is Cc1cc(=O)c(C(=O)Nc2ccccc2Cl)c(-c2ccccn2)n1Cc1ccco1. The second kappa shape index (κ2) is 8.39. The van der Waals surface area contributed by atoms with Gasteiger partial charge in [0.05, 0.1) is 34.9 Å². The first kappa shape index (κ1) is 19.7. The second-order valence-electron chi connectivity index (χ2n) is 6.69. The van der Waals surface area contributed by atoms with Crippen LogP contribution in [0.2, 0.25) is 5.02 Å². The lowest BCUT2D eigenvalue weighted by Gasteiger charge is -2.19. The van der Waals surface area contributed by atoms with Crippen LogP contribution >= 0.6 is 11.6 Å². The molecule has 0 bridgehead atoms. The number of carbonyl (C=O) groups excluding carboxylic acids is 1. The average Bonchev–Trinajstić information content (AvgIpc) is 3.25. The van der Waals surface area contributed by atoms with E-state index in [1.165, 1.54) is 6.07 Å². The number of amides is 1.